The summed E-state index contributed by atoms with van der Waals surface area (Å²) in [6.45, 7) is 2.76. The molecule has 5 heterocycles. The number of rotatable bonds is 7. The molecule has 6 heteroatoms. The first-order valence-electron chi connectivity index (χ1n) is 10.9. The van der Waals surface area contributed by atoms with Crippen molar-refractivity contribution in [1.82, 2.24) is 9.88 Å². The van der Waals surface area contributed by atoms with Crippen LogP contribution in [0.1, 0.15) is 30.9 Å². The van der Waals surface area contributed by atoms with Gasteiger partial charge in [-0.2, -0.15) is 0 Å². The van der Waals surface area contributed by atoms with Gasteiger partial charge in [-0.3, -0.25) is 9.88 Å². The molecule has 2 bridgehead atoms. The van der Waals surface area contributed by atoms with Crippen LogP contribution in [0.25, 0.3) is 10.9 Å². The number of aromatic nitrogens is 1. The normalized spacial score (nSPS) is 33.8. The minimum Gasteiger partial charge on any atom is -0.497 e. The highest BCUT2D eigenvalue weighted by Gasteiger charge is 2.44. The van der Waals surface area contributed by atoms with Crippen molar-refractivity contribution in [2.75, 3.05) is 33.4 Å². The van der Waals surface area contributed by atoms with Gasteiger partial charge in [0.1, 0.15) is 11.4 Å². The van der Waals surface area contributed by atoms with Gasteiger partial charge < -0.3 is 19.7 Å². The molecule has 0 amide bonds. The molecule has 4 fully saturated rings. The molecule has 2 N–H and O–H groups in total. The molecule has 0 spiro atoms. The van der Waals surface area contributed by atoms with E-state index in [1.807, 2.05) is 24.3 Å². The lowest BCUT2D eigenvalue weighted by Crippen LogP contribution is -2.54. The molecule has 0 aliphatic carbocycles. The predicted octanol–water partition coefficient (Wildman–Crippen LogP) is 2.69. The summed E-state index contributed by atoms with van der Waals surface area (Å²) in [5, 5.41) is 21.7. The maximum Gasteiger partial charge on any atom is 0.119 e. The van der Waals surface area contributed by atoms with Crippen LogP contribution in [0, 0.1) is 11.8 Å². The Kier molecular flexibility index (Phi) is 5.27. The summed E-state index contributed by atoms with van der Waals surface area (Å²) in [5.41, 5.74) is 1.50. The smallest absolute Gasteiger partial charge is 0.119 e. The molecule has 4 saturated heterocycles. The maximum atomic E-state index is 11.4. The summed E-state index contributed by atoms with van der Waals surface area (Å²) in [5.74, 6) is 1.87. The van der Waals surface area contributed by atoms with Crippen LogP contribution < -0.4 is 4.74 Å². The van der Waals surface area contributed by atoms with Crippen molar-refractivity contribution < 1.29 is 19.7 Å². The highest BCUT2D eigenvalue weighted by atomic mass is 16.6. The molecular weight excluding hydrogens is 380 g/mol. The van der Waals surface area contributed by atoms with Crippen LogP contribution in [0.3, 0.4) is 0 Å². The number of hydrogen-bond acceptors (Lipinski definition) is 6. The Morgan fingerprint density at radius 3 is 2.97 bits per heavy atom. The van der Waals surface area contributed by atoms with Crippen LogP contribution in [0.5, 0.6) is 5.75 Å². The molecule has 6 nitrogen and oxygen atoms in total. The number of hydrogen-bond donors (Lipinski definition) is 2. The zero-order valence-electron chi connectivity index (χ0n) is 17.4. The number of aliphatic hydroxyl groups is 2. The second-order valence-corrected chi connectivity index (χ2v) is 9.00. The van der Waals surface area contributed by atoms with Gasteiger partial charge in [0.15, 0.2) is 0 Å². The second-order valence-electron chi connectivity index (χ2n) is 9.00. The average molecular weight is 411 g/mol. The summed E-state index contributed by atoms with van der Waals surface area (Å²) in [6.07, 6.45) is 8.68. The Balaban J connectivity index is 1.32. The molecule has 6 atom stereocenters. The first-order chi connectivity index (χ1) is 14.6. The van der Waals surface area contributed by atoms with E-state index >= 15 is 0 Å². The molecule has 1 unspecified atom stereocenters. The van der Waals surface area contributed by atoms with Gasteiger partial charge in [-0.25, -0.2) is 0 Å². The van der Waals surface area contributed by atoms with E-state index in [9.17, 15) is 10.2 Å². The van der Waals surface area contributed by atoms with Crippen molar-refractivity contribution in [1.29, 1.82) is 0 Å². The largest absolute Gasteiger partial charge is 0.497 e. The van der Waals surface area contributed by atoms with Crippen LogP contribution in [0.4, 0.5) is 0 Å². The van der Waals surface area contributed by atoms with Crippen LogP contribution in [-0.4, -0.2) is 65.2 Å². The fourth-order valence-corrected chi connectivity index (χ4v) is 5.23. The molecule has 4 aliphatic heterocycles. The number of methoxy groups -OCH3 is 1. The van der Waals surface area contributed by atoms with Crippen molar-refractivity contribution in [3.63, 3.8) is 0 Å². The molecule has 6 rings (SSSR count). The number of ether oxygens (including phenoxy) is 2. The van der Waals surface area contributed by atoms with Crippen LogP contribution in [0.2, 0.25) is 0 Å². The van der Waals surface area contributed by atoms with Crippen LogP contribution >= 0.6 is 0 Å². The molecule has 0 saturated carbocycles. The first kappa shape index (κ1) is 19.9. The summed E-state index contributed by atoms with van der Waals surface area (Å²) in [7, 11) is 1.66. The lowest BCUT2D eigenvalue weighted by atomic mass is 9.73. The topological polar surface area (TPSA) is 78.4 Å². The number of piperidine rings is 3. The van der Waals surface area contributed by atoms with Gasteiger partial charge in [0.25, 0.3) is 0 Å². The highest BCUT2D eigenvalue weighted by molar-refractivity contribution is 5.83. The molecule has 4 aliphatic rings. The fraction of sp³-hybridized carbons (Fsp3) is 0.542. The molecule has 1 aromatic carbocycles. The SMILES string of the molecule is COc1ccc2nccc([C@@H](O)[C@@H]3C[C@@H]4CCN3C[C@@H]4/C=C/C[C@]3(CO)CO3)c2c1. The van der Waals surface area contributed by atoms with Crippen molar-refractivity contribution in [2.45, 2.75) is 37.0 Å². The Morgan fingerprint density at radius 2 is 2.27 bits per heavy atom. The van der Waals surface area contributed by atoms with Gasteiger partial charge in [-0.1, -0.05) is 12.2 Å². The first-order valence-corrected chi connectivity index (χ1v) is 10.9. The quantitative estimate of drug-likeness (QED) is 0.540. The van der Waals surface area contributed by atoms with E-state index in [4.69, 9.17) is 9.47 Å². The molecule has 2 aromatic rings. The Bertz CT molecular complexity index is 942. The van der Waals surface area contributed by atoms with E-state index < -0.39 is 6.10 Å². The Morgan fingerprint density at radius 1 is 1.40 bits per heavy atom. The van der Waals surface area contributed by atoms with Crippen molar-refractivity contribution in [2.24, 2.45) is 11.8 Å². The number of fused-ring (bicyclic) bond motifs is 4. The van der Waals surface area contributed by atoms with Gasteiger partial charge in [0.2, 0.25) is 0 Å². The van der Waals surface area contributed by atoms with Crippen molar-refractivity contribution in [3.05, 3.63) is 48.2 Å². The second kappa shape index (κ2) is 7.93. The minimum absolute atomic E-state index is 0.0938. The Labute approximate surface area is 177 Å². The molecule has 30 heavy (non-hydrogen) atoms. The number of pyridine rings is 1. The lowest BCUT2D eigenvalue weighted by Gasteiger charge is -2.50. The van der Waals surface area contributed by atoms with Gasteiger partial charge >= 0.3 is 0 Å². The van der Waals surface area contributed by atoms with E-state index in [-0.39, 0.29) is 18.2 Å². The number of aliphatic hydroxyl groups excluding tert-OH is 2. The monoisotopic (exact) mass is 410 g/mol. The number of epoxide rings is 1. The van der Waals surface area contributed by atoms with Crippen LogP contribution in [0.15, 0.2) is 42.6 Å². The third-order valence-corrected chi connectivity index (χ3v) is 7.23. The van der Waals surface area contributed by atoms with Crippen molar-refractivity contribution in [3.8, 4) is 5.75 Å². The van der Waals surface area contributed by atoms with Gasteiger partial charge in [0.05, 0.1) is 31.9 Å². The fourth-order valence-electron chi connectivity index (χ4n) is 5.23. The van der Waals surface area contributed by atoms with Gasteiger partial charge in [-0.05, 0) is 67.5 Å². The maximum absolute atomic E-state index is 11.4. The molecule has 0 radical (unpaired) electrons. The Hall–Kier alpha value is -1.99. The van der Waals surface area contributed by atoms with Crippen molar-refractivity contribution >= 4 is 10.9 Å². The lowest BCUT2D eigenvalue weighted by molar-refractivity contribution is -0.0446. The predicted molar refractivity (Wildman–Crippen MR) is 114 cm³/mol. The molecule has 1 aromatic heterocycles. The summed E-state index contributed by atoms with van der Waals surface area (Å²) in [4.78, 5) is 6.90. The van der Waals surface area contributed by atoms with E-state index in [0.717, 1.165) is 48.1 Å². The van der Waals surface area contributed by atoms with E-state index in [2.05, 4.69) is 22.0 Å². The number of benzene rings is 1. The van der Waals surface area contributed by atoms with Gasteiger partial charge in [0, 0.05) is 24.2 Å². The highest BCUT2D eigenvalue weighted by Crippen LogP contribution is 2.42. The zero-order valence-corrected chi connectivity index (χ0v) is 17.4. The summed E-state index contributed by atoms with van der Waals surface area (Å²) in [6, 6.07) is 7.89. The number of nitrogens with zero attached hydrogens (tertiary/aromatic N) is 2. The zero-order chi connectivity index (χ0) is 20.7. The van der Waals surface area contributed by atoms with E-state index in [0.29, 0.717) is 18.4 Å². The minimum atomic E-state index is -0.548. The molecular formula is C24H30N2O4. The summed E-state index contributed by atoms with van der Waals surface area (Å²) >= 11 is 0. The van der Waals surface area contributed by atoms with Gasteiger partial charge in [-0.15, -0.1) is 0 Å². The van der Waals surface area contributed by atoms with Crippen LogP contribution in [-0.2, 0) is 4.74 Å². The summed E-state index contributed by atoms with van der Waals surface area (Å²) < 4.78 is 10.8. The standard InChI is InChI=1S/C24H30N2O4/c1-29-18-4-5-21-20(12-18)19(6-9-25-21)23(28)22-11-16-7-10-26(22)13-17(16)3-2-8-24(14-27)15-30-24/h2-6,9,12,16-17,22-23,27-28H,7-8,10-11,13-15H2,1H3/b3-2+/t16-,17-,22-,23+,24-/m0/s1. The van der Waals surface area contributed by atoms with E-state index in [1.54, 1.807) is 13.3 Å². The third kappa shape index (κ3) is 3.62. The third-order valence-electron chi connectivity index (χ3n) is 7.23. The average Bonchev–Trinajstić information content (AvgIpc) is 3.58. The molecule has 160 valence electrons. The van der Waals surface area contributed by atoms with E-state index in [1.165, 1.54) is 6.42 Å².